The summed E-state index contributed by atoms with van der Waals surface area (Å²) in [6, 6.07) is 0. The van der Waals surface area contributed by atoms with E-state index < -0.39 is 0 Å². The number of hydrogen-bond acceptors (Lipinski definition) is 3. The van der Waals surface area contributed by atoms with Crippen LogP contribution in [0.2, 0.25) is 0 Å². The van der Waals surface area contributed by atoms with Crippen LogP contribution in [0.25, 0.3) is 0 Å². The lowest BCUT2D eigenvalue weighted by Crippen LogP contribution is -2.10. The van der Waals surface area contributed by atoms with E-state index in [1.807, 2.05) is 14.0 Å². The number of aryl methyl sites for hydroxylation is 1. The molecule has 1 N–H and O–H groups in total. The highest BCUT2D eigenvalue weighted by molar-refractivity contribution is 7.16. The third-order valence-electron chi connectivity index (χ3n) is 1.67. The molecule has 2 nitrogen and oxygen atoms in total. The largest absolute Gasteiger partial charge is 0.378 e. The fourth-order valence-electron chi connectivity index (χ4n) is 0.949. The highest BCUT2D eigenvalue weighted by Gasteiger charge is 2.19. The Morgan fingerprint density at radius 2 is 1.92 bits per heavy atom. The smallest absolute Gasteiger partial charge is 0.111 e. The molecule has 68 valence electrons. The van der Waals surface area contributed by atoms with Gasteiger partial charge in [-0.25, -0.2) is 4.98 Å². The molecule has 0 aliphatic rings. The number of hydrogen-bond donors (Lipinski definition) is 1. The van der Waals surface area contributed by atoms with Crippen molar-refractivity contribution in [1.29, 1.82) is 0 Å². The van der Waals surface area contributed by atoms with Gasteiger partial charge in [-0.3, -0.25) is 0 Å². The lowest BCUT2D eigenvalue weighted by Gasteiger charge is -2.13. The molecule has 0 unspecified atom stereocenters. The molecule has 0 fully saturated rings. The molecule has 0 saturated carbocycles. The van der Waals surface area contributed by atoms with Crippen molar-refractivity contribution in [2.45, 2.75) is 33.1 Å². The second kappa shape index (κ2) is 3.05. The van der Waals surface area contributed by atoms with Gasteiger partial charge in [0.1, 0.15) is 10.0 Å². The van der Waals surface area contributed by atoms with Gasteiger partial charge in [-0.15, -0.1) is 11.3 Å². The zero-order chi connectivity index (χ0) is 9.35. The molecular formula is C9H16N2S. The number of anilines is 1. The zero-order valence-corrected chi connectivity index (χ0v) is 9.17. The van der Waals surface area contributed by atoms with Crippen LogP contribution in [-0.4, -0.2) is 12.0 Å². The quantitative estimate of drug-likeness (QED) is 0.726. The molecule has 1 aromatic rings. The van der Waals surface area contributed by atoms with Crippen molar-refractivity contribution in [1.82, 2.24) is 4.98 Å². The Labute approximate surface area is 78.0 Å². The van der Waals surface area contributed by atoms with Crippen molar-refractivity contribution < 1.29 is 0 Å². The normalized spacial score (nSPS) is 11.8. The molecule has 1 aromatic heterocycles. The van der Waals surface area contributed by atoms with Crippen molar-refractivity contribution in [2.24, 2.45) is 0 Å². The van der Waals surface area contributed by atoms with Gasteiger partial charge in [0.15, 0.2) is 0 Å². The second-order valence-corrected chi connectivity index (χ2v) is 4.93. The summed E-state index contributed by atoms with van der Waals surface area (Å²) < 4.78 is 0. The molecule has 0 aliphatic heterocycles. The summed E-state index contributed by atoms with van der Waals surface area (Å²) in [5.74, 6) is 0. The van der Waals surface area contributed by atoms with E-state index in [-0.39, 0.29) is 5.41 Å². The summed E-state index contributed by atoms with van der Waals surface area (Å²) in [6.07, 6.45) is 0. The first kappa shape index (κ1) is 9.52. The predicted octanol–water partition coefficient (Wildman–Crippen LogP) is 2.79. The van der Waals surface area contributed by atoms with E-state index in [9.17, 15) is 0 Å². The summed E-state index contributed by atoms with van der Waals surface area (Å²) >= 11 is 1.74. The summed E-state index contributed by atoms with van der Waals surface area (Å²) in [5, 5.41) is 5.52. The molecule has 3 heteroatoms. The minimum absolute atomic E-state index is 0.171. The first-order chi connectivity index (χ1) is 5.45. The van der Waals surface area contributed by atoms with Gasteiger partial charge in [-0.05, 0) is 6.92 Å². The maximum Gasteiger partial charge on any atom is 0.111 e. The van der Waals surface area contributed by atoms with Crippen LogP contribution in [0.5, 0.6) is 0 Å². The van der Waals surface area contributed by atoms with Crippen LogP contribution in [0.15, 0.2) is 0 Å². The molecule has 0 saturated heterocycles. The van der Waals surface area contributed by atoms with E-state index in [2.05, 4.69) is 31.1 Å². The van der Waals surface area contributed by atoms with Crippen LogP contribution in [-0.2, 0) is 5.41 Å². The lowest BCUT2D eigenvalue weighted by atomic mass is 9.98. The highest BCUT2D eigenvalue weighted by Crippen LogP contribution is 2.31. The van der Waals surface area contributed by atoms with Crippen LogP contribution in [0.3, 0.4) is 0 Å². The first-order valence-corrected chi connectivity index (χ1v) is 4.92. The van der Waals surface area contributed by atoms with Crippen molar-refractivity contribution in [2.75, 3.05) is 12.4 Å². The Bertz CT molecular complexity index is 271. The molecule has 1 heterocycles. The summed E-state index contributed by atoms with van der Waals surface area (Å²) in [4.78, 5) is 4.51. The summed E-state index contributed by atoms with van der Waals surface area (Å²) in [5.41, 5.74) is 1.28. The van der Waals surface area contributed by atoms with E-state index in [0.29, 0.717) is 0 Å². The average molecular weight is 184 g/mol. The lowest BCUT2D eigenvalue weighted by molar-refractivity contribution is 0.584. The van der Waals surface area contributed by atoms with Gasteiger partial charge in [0, 0.05) is 12.5 Å². The number of nitrogens with zero attached hydrogens (tertiary/aromatic N) is 1. The van der Waals surface area contributed by atoms with Crippen molar-refractivity contribution in [3.63, 3.8) is 0 Å². The third-order valence-corrected chi connectivity index (χ3v) is 3.27. The summed E-state index contributed by atoms with van der Waals surface area (Å²) in [7, 11) is 1.94. The number of aromatic nitrogens is 1. The monoisotopic (exact) mass is 184 g/mol. The standard InChI is InChI=1S/C9H16N2S/c1-6-7(10-5)12-8(11-6)9(2,3)4/h10H,1-5H3. The van der Waals surface area contributed by atoms with Crippen LogP contribution in [0.1, 0.15) is 31.5 Å². The Kier molecular flexibility index (Phi) is 2.42. The fourth-order valence-corrected chi connectivity index (χ4v) is 1.93. The van der Waals surface area contributed by atoms with Crippen molar-refractivity contribution in [3.8, 4) is 0 Å². The molecule has 0 spiro atoms. The van der Waals surface area contributed by atoms with Crippen molar-refractivity contribution >= 4 is 16.3 Å². The van der Waals surface area contributed by atoms with E-state index in [1.165, 1.54) is 10.0 Å². The molecule has 0 aromatic carbocycles. The zero-order valence-electron chi connectivity index (χ0n) is 8.36. The molecule has 12 heavy (non-hydrogen) atoms. The minimum atomic E-state index is 0.171. The summed E-state index contributed by atoms with van der Waals surface area (Å²) in [6.45, 7) is 8.59. The SMILES string of the molecule is CNc1sc(C(C)(C)C)nc1C. The molecule has 0 atom stereocenters. The Hall–Kier alpha value is -0.570. The van der Waals surface area contributed by atoms with Gasteiger partial charge in [0.25, 0.3) is 0 Å². The van der Waals surface area contributed by atoms with Gasteiger partial charge in [0.2, 0.25) is 0 Å². The fraction of sp³-hybridized carbons (Fsp3) is 0.667. The van der Waals surface area contributed by atoms with E-state index >= 15 is 0 Å². The first-order valence-electron chi connectivity index (χ1n) is 4.11. The van der Waals surface area contributed by atoms with Gasteiger partial charge in [-0.2, -0.15) is 0 Å². The Balaban J connectivity index is 3.05. The van der Waals surface area contributed by atoms with Gasteiger partial charge >= 0.3 is 0 Å². The minimum Gasteiger partial charge on any atom is -0.378 e. The highest BCUT2D eigenvalue weighted by atomic mass is 32.1. The third kappa shape index (κ3) is 1.78. The number of rotatable bonds is 1. The number of nitrogens with one attached hydrogen (secondary N) is 1. The Morgan fingerprint density at radius 3 is 2.17 bits per heavy atom. The van der Waals surface area contributed by atoms with E-state index in [1.54, 1.807) is 11.3 Å². The van der Waals surface area contributed by atoms with Gasteiger partial charge in [-0.1, -0.05) is 20.8 Å². The maximum absolute atomic E-state index is 4.51. The average Bonchev–Trinajstić information content (AvgIpc) is 2.29. The van der Waals surface area contributed by atoms with E-state index in [4.69, 9.17) is 0 Å². The molecule has 0 amide bonds. The molecule has 0 aliphatic carbocycles. The molecular weight excluding hydrogens is 168 g/mol. The van der Waals surface area contributed by atoms with Crippen LogP contribution in [0, 0.1) is 6.92 Å². The van der Waals surface area contributed by atoms with E-state index in [0.717, 1.165) is 5.69 Å². The topological polar surface area (TPSA) is 24.9 Å². The van der Waals surface area contributed by atoms with Gasteiger partial charge in [0.05, 0.1) is 5.69 Å². The van der Waals surface area contributed by atoms with Crippen molar-refractivity contribution in [3.05, 3.63) is 10.7 Å². The van der Waals surface area contributed by atoms with Gasteiger partial charge < -0.3 is 5.32 Å². The maximum atomic E-state index is 4.51. The molecule has 0 radical (unpaired) electrons. The predicted molar refractivity (Wildman–Crippen MR) is 55.1 cm³/mol. The van der Waals surface area contributed by atoms with Crippen LogP contribution < -0.4 is 5.32 Å². The number of thiazole rings is 1. The molecule has 1 rings (SSSR count). The van der Waals surface area contributed by atoms with Crippen LogP contribution >= 0.6 is 11.3 Å². The second-order valence-electron chi connectivity index (χ2n) is 3.93. The Morgan fingerprint density at radius 1 is 1.33 bits per heavy atom. The molecule has 0 bridgehead atoms. The van der Waals surface area contributed by atoms with Crippen LogP contribution in [0.4, 0.5) is 5.00 Å².